The van der Waals surface area contributed by atoms with Gasteiger partial charge in [-0.2, -0.15) is 0 Å². The van der Waals surface area contributed by atoms with Gasteiger partial charge in [-0.25, -0.2) is 4.79 Å². The topological polar surface area (TPSA) is 99.3 Å². The van der Waals surface area contributed by atoms with Crippen LogP contribution in [0.3, 0.4) is 0 Å². The van der Waals surface area contributed by atoms with Gasteiger partial charge in [0.05, 0.1) is 18.6 Å². The molecule has 0 saturated carbocycles. The monoisotopic (exact) mass is 448 g/mol. The first-order valence-corrected chi connectivity index (χ1v) is 12.1. The Hall–Kier alpha value is -2.16. The largest absolute Gasteiger partial charge is 0.378 e. The average molecular weight is 449 g/mol. The van der Waals surface area contributed by atoms with Gasteiger partial charge < -0.3 is 19.9 Å². The lowest BCUT2D eigenvalue weighted by Gasteiger charge is -2.39. The van der Waals surface area contributed by atoms with E-state index in [0.717, 1.165) is 25.7 Å². The molecule has 4 aliphatic rings. The van der Waals surface area contributed by atoms with Crippen LogP contribution >= 0.6 is 0 Å². The zero-order valence-electron chi connectivity index (χ0n) is 19.3. The Morgan fingerprint density at radius 3 is 2.47 bits per heavy atom. The molecule has 1 N–H and O–H groups in total. The lowest BCUT2D eigenvalue weighted by Crippen LogP contribution is -2.57. The van der Waals surface area contributed by atoms with E-state index in [1.165, 1.54) is 4.90 Å². The number of carbonyl (C=O) groups excluding carboxylic acids is 4. The third kappa shape index (κ3) is 4.49. The third-order valence-electron chi connectivity index (χ3n) is 7.41. The second-order valence-corrected chi connectivity index (χ2v) is 10.00. The molecule has 4 fully saturated rings. The summed E-state index contributed by atoms with van der Waals surface area (Å²) in [7, 11) is 0. The molecular weight excluding hydrogens is 412 g/mol. The molecule has 0 aromatic heterocycles. The fourth-order valence-corrected chi connectivity index (χ4v) is 5.47. The summed E-state index contributed by atoms with van der Waals surface area (Å²) in [6.07, 6.45) is 5.74. The van der Waals surface area contributed by atoms with Gasteiger partial charge >= 0.3 is 6.03 Å². The van der Waals surface area contributed by atoms with Gasteiger partial charge in [-0.3, -0.25) is 19.3 Å². The molecule has 9 heteroatoms. The number of ether oxygens (including phenoxy) is 1. The molecule has 4 saturated heterocycles. The molecule has 2 atom stereocenters. The van der Waals surface area contributed by atoms with E-state index in [1.54, 1.807) is 9.80 Å². The number of hydrogen-bond acceptors (Lipinski definition) is 5. The lowest BCUT2D eigenvalue weighted by atomic mass is 9.86. The van der Waals surface area contributed by atoms with E-state index in [1.807, 2.05) is 13.8 Å². The van der Waals surface area contributed by atoms with E-state index in [-0.39, 0.29) is 41.8 Å². The molecule has 0 unspecified atom stereocenters. The molecule has 0 bridgehead atoms. The number of rotatable bonds is 4. The summed E-state index contributed by atoms with van der Waals surface area (Å²) < 4.78 is 5.71. The number of nitrogens with zero attached hydrogens (tertiary/aromatic N) is 3. The standard InChI is InChI=1S/C23H36N4O5/c1-16(2)20(29)25-11-8-23(9-12-25)21(30)27(22(31)24-23)17-6-5-10-26(15-17)19(28)14-18-7-3-4-13-32-18/h16-18H,3-15H2,1-2H3,(H,24,31)/t17-,18+/m0/s1. The summed E-state index contributed by atoms with van der Waals surface area (Å²) in [6, 6.07) is -0.671. The smallest absolute Gasteiger partial charge is 0.325 e. The van der Waals surface area contributed by atoms with Gasteiger partial charge in [0.2, 0.25) is 11.8 Å². The molecule has 5 amide bonds. The maximum atomic E-state index is 13.4. The van der Waals surface area contributed by atoms with Crippen molar-refractivity contribution >= 4 is 23.8 Å². The highest BCUT2D eigenvalue weighted by atomic mass is 16.5. The number of carbonyl (C=O) groups is 4. The number of piperidine rings is 2. The predicted molar refractivity (Wildman–Crippen MR) is 117 cm³/mol. The number of hydrogen-bond donors (Lipinski definition) is 1. The zero-order chi connectivity index (χ0) is 22.9. The normalized spacial score (nSPS) is 28.4. The molecular formula is C23H36N4O5. The molecule has 0 radical (unpaired) electrons. The van der Waals surface area contributed by atoms with Crippen molar-refractivity contribution in [2.24, 2.45) is 5.92 Å². The van der Waals surface area contributed by atoms with Crippen LogP contribution in [0.15, 0.2) is 0 Å². The van der Waals surface area contributed by atoms with Crippen molar-refractivity contribution in [3.05, 3.63) is 0 Å². The van der Waals surface area contributed by atoms with Gasteiger partial charge in [-0.1, -0.05) is 13.8 Å². The van der Waals surface area contributed by atoms with Crippen LogP contribution in [0.25, 0.3) is 0 Å². The second-order valence-electron chi connectivity index (χ2n) is 10.00. The number of nitrogens with one attached hydrogen (secondary N) is 1. The van der Waals surface area contributed by atoms with Crippen LogP contribution in [0, 0.1) is 5.92 Å². The van der Waals surface area contributed by atoms with E-state index in [0.29, 0.717) is 58.5 Å². The molecule has 0 aliphatic carbocycles. The molecule has 0 aromatic rings. The Balaban J connectivity index is 1.37. The average Bonchev–Trinajstić information content (AvgIpc) is 3.03. The fourth-order valence-electron chi connectivity index (χ4n) is 5.47. The minimum atomic E-state index is -0.924. The maximum Gasteiger partial charge on any atom is 0.325 e. The minimum absolute atomic E-state index is 0.0182. The second kappa shape index (κ2) is 9.37. The molecule has 0 aromatic carbocycles. The molecule has 4 aliphatic heterocycles. The first-order chi connectivity index (χ1) is 15.3. The Morgan fingerprint density at radius 2 is 1.81 bits per heavy atom. The SMILES string of the molecule is CC(C)C(=O)N1CCC2(CC1)NC(=O)N([C@H]1CCCN(C(=O)C[C@H]3CCCCO3)C1)C2=O. The predicted octanol–water partition coefficient (Wildman–Crippen LogP) is 1.51. The fraction of sp³-hybridized carbons (Fsp3) is 0.826. The maximum absolute atomic E-state index is 13.4. The summed E-state index contributed by atoms with van der Waals surface area (Å²) in [5.74, 6) is -0.158. The minimum Gasteiger partial charge on any atom is -0.378 e. The van der Waals surface area contributed by atoms with Crippen LogP contribution in [0.1, 0.15) is 65.2 Å². The summed E-state index contributed by atoms with van der Waals surface area (Å²) in [4.78, 5) is 56.4. The van der Waals surface area contributed by atoms with Crippen LogP contribution in [0.5, 0.6) is 0 Å². The van der Waals surface area contributed by atoms with Crippen molar-refractivity contribution in [1.29, 1.82) is 0 Å². The number of likely N-dealkylation sites (tertiary alicyclic amines) is 2. The van der Waals surface area contributed by atoms with Crippen molar-refractivity contribution in [3.63, 3.8) is 0 Å². The summed E-state index contributed by atoms with van der Waals surface area (Å²) in [5.41, 5.74) is -0.924. The molecule has 4 heterocycles. The van der Waals surface area contributed by atoms with Crippen molar-refractivity contribution < 1.29 is 23.9 Å². The van der Waals surface area contributed by atoms with Gasteiger partial charge in [0.25, 0.3) is 5.91 Å². The van der Waals surface area contributed by atoms with Crippen molar-refractivity contribution in [2.45, 2.75) is 82.9 Å². The zero-order valence-corrected chi connectivity index (χ0v) is 19.3. The van der Waals surface area contributed by atoms with Gasteiger partial charge in [-0.15, -0.1) is 0 Å². The Kier molecular flexibility index (Phi) is 6.74. The van der Waals surface area contributed by atoms with E-state index >= 15 is 0 Å². The summed E-state index contributed by atoms with van der Waals surface area (Å²) in [6.45, 7) is 6.43. The van der Waals surface area contributed by atoms with Gasteiger partial charge in [0.15, 0.2) is 0 Å². The van der Waals surface area contributed by atoms with Gasteiger partial charge in [-0.05, 0) is 44.9 Å². The van der Waals surface area contributed by atoms with Crippen LogP contribution in [-0.2, 0) is 19.1 Å². The molecule has 1 spiro atoms. The van der Waals surface area contributed by atoms with Gasteiger partial charge in [0, 0.05) is 38.7 Å². The number of amides is 5. The molecule has 178 valence electrons. The first kappa shape index (κ1) is 23.0. The van der Waals surface area contributed by atoms with Crippen molar-refractivity contribution in [2.75, 3.05) is 32.8 Å². The first-order valence-electron chi connectivity index (χ1n) is 12.1. The Labute approximate surface area is 189 Å². The van der Waals surface area contributed by atoms with Crippen molar-refractivity contribution in [1.82, 2.24) is 20.0 Å². The molecule has 4 rings (SSSR count). The van der Waals surface area contributed by atoms with E-state index < -0.39 is 5.54 Å². The van der Waals surface area contributed by atoms with Crippen LogP contribution in [0.4, 0.5) is 4.79 Å². The Bertz CT molecular complexity index is 755. The van der Waals surface area contributed by atoms with Crippen LogP contribution in [0.2, 0.25) is 0 Å². The highest BCUT2D eigenvalue weighted by molar-refractivity contribution is 6.07. The van der Waals surface area contributed by atoms with Crippen LogP contribution in [-0.4, -0.2) is 88.9 Å². The molecule has 9 nitrogen and oxygen atoms in total. The van der Waals surface area contributed by atoms with Crippen molar-refractivity contribution in [3.8, 4) is 0 Å². The van der Waals surface area contributed by atoms with Crippen LogP contribution < -0.4 is 5.32 Å². The highest BCUT2D eigenvalue weighted by Gasteiger charge is 2.55. The Morgan fingerprint density at radius 1 is 1.06 bits per heavy atom. The van der Waals surface area contributed by atoms with E-state index in [2.05, 4.69) is 5.32 Å². The quantitative estimate of drug-likeness (QED) is 0.657. The summed E-state index contributed by atoms with van der Waals surface area (Å²) >= 11 is 0. The van der Waals surface area contributed by atoms with E-state index in [9.17, 15) is 19.2 Å². The van der Waals surface area contributed by atoms with Gasteiger partial charge in [0.1, 0.15) is 5.54 Å². The third-order valence-corrected chi connectivity index (χ3v) is 7.41. The van der Waals surface area contributed by atoms with E-state index in [4.69, 9.17) is 4.74 Å². The highest BCUT2D eigenvalue weighted by Crippen LogP contribution is 2.33. The lowest BCUT2D eigenvalue weighted by molar-refractivity contribution is -0.143. The summed E-state index contributed by atoms with van der Waals surface area (Å²) in [5, 5.41) is 2.94. The molecule has 32 heavy (non-hydrogen) atoms. The number of urea groups is 1. The number of imide groups is 1.